The molecular formula is C21H21N3O7S2. The molecule has 1 heterocycles. The highest BCUT2D eigenvalue weighted by molar-refractivity contribution is 7.89. The zero-order valence-electron chi connectivity index (χ0n) is 17.6. The van der Waals surface area contributed by atoms with Gasteiger partial charge in [-0.25, -0.2) is 16.8 Å². The number of nitro benzene ring substituents is 1. The van der Waals surface area contributed by atoms with E-state index < -0.39 is 30.7 Å². The van der Waals surface area contributed by atoms with Crippen LogP contribution >= 0.6 is 0 Å². The predicted octanol–water partition coefficient (Wildman–Crippen LogP) is 2.45. The van der Waals surface area contributed by atoms with Crippen molar-refractivity contribution >= 4 is 36.5 Å². The van der Waals surface area contributed by atoms with Crippen LogP contribution in [0.2, 0.25) is 0 Å². The average Bonchev–Trinajstić information content (AvgIpc) is 2.83. The van der Waals surface area contributed by atoms with Crippen LogP contribution in [-0.2, 0) is 20.0 Å². The lowest BCUT2D eigenvalue weighted by atomic mass is 10.1. The number of methoxy groups -OCH3 is 1. The van der Waals surface area contributed by atoms with Gasteiger partial charge in [-0.1, -0.05) is 30.3 Å². The molecule has 33 heavy (non-hydrogen) atoms. The molecule has 0 amide bonds. The first-order chi connectivity index (χ1) is 15.6. The van der Waals surface area contributed by atoms with Crippen LogP contribution in [-0.4, -0.2) is 63.7 Å². The summed E-state index contributed by atoms with van der Waals surface area (Å²) in [5.41, 5.74) is -0.462. The van der Waals surface area contributed by atoms with Gasteiger partial charge in [0, 0.05) is 32.2 Å². The van der Waals surface area contributed by atoms with Gasteiger partial charge in [0.15, 0.2) is 5.75 Å². The first-order valence-corrected chi connectivity index (χ1v) is 12.8. The molecule has 1 saturated heterocycles. The molecule has 0 spiro atoms. The third-order valence-corrected chi connectivity index (χ3v) is 9.33. The summed E-state index contributed by atoms with van der Waals surface area (Å²) in [4.78, 5) is 10.4. The number of benzene rings is 3. The van der Waals surface area contributed by atoms with Crippen LogP contribution < -0.4 is 4.74 Å². The first-order valence-electron chi connectivity index (χ1n) is 9.96. The second kappa shape index (κ2) is 8.71. The van der Waals surface area contributed by atoms with Gasteiger partial charge < -0.3 is 4.74 Å². The molecule has 0 N–H and O–H groups in total. The van der Waals surface area contributed by atoms with Crippen LogP contribution in [0.3, 0.4) is 0 Å². The molecule has 4 rings (SSSR count). The smallest absolute Gasteiger partial charge is 0.312 e. The monoisotopic (exact) mass is 491 g/mol. The van der Waals surface area contributed by atoms with Crippen LogP contribution in [0.4, 0.5) is 5.69 Å². The topological polar surface area (TPSA) is 127 Å². The molecule has 12 heteroatoms. The van der Waals surface area contributed by atoms with Crippen molar-refractivity contribution in [2.24, 2.45) is 0 Å². The van der Waals surface area contributed by atoms with E-state index >= 15 is 0 Å². The van der Waals surface area contributed by atoms with E-state index in [0.717, 1.165) is 21.1 Å². The Labute approximate surface area is 191 Å². The lowest BCUT2D eigenvalue weighted by molar-refractivity contribution is -0.386. The van der Waals surface area contributed by atoms with Crippen molar-refractivity contribution in [2.75, 3.05) is 33.3 Å². The molecule has 0 bridgehead atoms. The Kier molecular flexibility index (Phi) is 6.10. The molecule has 0 radical (unpaired) electrons. The zero-order valence-corrected chi connectivity index (χ0v) is 19.3. The van der Waals surface area contributed by atoms with Gasteiger partial charge in [-0.3, -0.25) is 10.1 Å². The van der Waals surface area contributed by atoms with E-state index in [1.54, 1.807) is 12.1 Å². The third kappa shape index (κ3) is 4.29. The predicted molar refractivity (Wildman–Crippen MR) is 121 cm³/mol. The number of nitrogens with zero attached hydrogens (tertiary/aromatic N) is 3. The molecule has 3 aromatic rings. The molecule has 10 nitrogen and oxygen atoms in total. The van der Waals surface area contributed by atoms with Crippen molar-refractivity contribution < 1.29 is 26.5 Å². The molecule has 1 aliphatic rings. The van der Waals surface area contributed by atoms with Crippen molar-refractivity contribution in [3.63, 3.8) is 0 Å². The molecule has 0 unspecified atom stereocenters. The van der Waals surface area contributed by atoms with E-state index in [1.165, 1.54) is 29.6 Å². The van der Waals surface area contributed by atoms with E-state index in [2.05, 4.69) is 0 Å². The molecule has 0 saturated carbocycles. The van der Waals surface area contributed by atoms with Gasteiger partial charge in [0.25, 0.3) is 0 Å². The molecule has 0 aliphatic carbocycles. The molecule has 3 aromatic carbocycles. The van der Waals surface area contributed by atoms with Crippen molar-refractivity contribution in [1.29, 1.82) is 0 Å². The highest BCUT2D eigenvalue weighted by atomic mass is 32.2. The summed E-state index contributed by atoms with van der Waals surface area (Å²) in [5.74, 6) is -0.0507. The molecule has 1 fully saturated rings. The molecule has 174 valence electrons. The Morgan fingerprint density at radius 1 is 0.788 bits per heavy atom. The number of hydrogen-bond acceptors (Lipinski definition) is 7. The molecule has 1 aliphatic heterocycles. The normalized spacial score (nSPS) is 16.0. The van der Waals surface area contributed by atoms with Crippen LogP contribution in [0.1, 0.15) is 0 Å². The standard InChI is InChI=1S/C21H21N3O7S2/c1-31-21-9-8-19(15-20(21)24(25)26)33(29,30)23-12-10-22(11-13-23)32(27,28)18-7-6-16-4-2-3-5-17(16)14-18/h2-9,14-15H,10-13H2,1H3. The van der Waals surface area contributed by atoms with Gasteiger partial charge in [0.1, 0.15) is 0 Å². The lowest BCUT2D eigenvalue weighted by Crippen LogP contribution is -2.50. The Balaban J connectivity index is 1.54. The minimum absolute atomic E-state index is 0.0351. The van der Waals surface area contributed by atoms with E-state index in [1.807, 2.05) is 24.3 Å². The third-order valence-electron chi connectivity index (χ3n) is 5.54. The summed E-state index contributed by atoms with van der Waals surface area (Å²) < 4.78 is 59.6. The quantitative estimate of drug-likeness (QED) is 0.383. The van der Waals surface area contributed by atoms with Gasteiger partial charge in [-0.15, -0.1) is 0 Å². The number of piperazine rings is 1. The maximum absolute atomic E-state index is 13.1. The van der Waals surface area contributed by atoms with Crippen LogP contribution in [0.25, 0.3) is 10.8 Å². The number of sulfonamides is 2. The Morgan fingerprint density at radius 3 is 1.85 bits per heavy atom. The van der Waals surface area contributed by atoms with Crippen molar-refractivity contribution in [3.05, 3.63) is 70.8 Å². The fourth-order valence-corrected chi connectivity index (χ4v) is 6.65. The fourth-order valence-electron chi connectivity index (χ4n) is 3.75. The van der Waals surface area contributed by atoms with E-state index in [-0.39, 0.29) is 41.7 Å². The second-order valence-corrected chi connectivity index (χ2v) is 11.3. The van der Waals surface area contributed by atoms with Gasteiger partial charge in [-0.05, 0) is 35.0 Å². The summed E-state index contributed by atoms with van der Waals surface area (Å²) in [6.07, 6.45) is 0. The summed E-state index contributed by atoms with van der Waals surface area (Å²) in [7, 11) is -6.61. The van der Waals surface area contributed by atoms with Gasteiger partial charge in [-0.2, -0.15) is 8.61 Å². The number of nitro groups is 1. The van der Waals surface area contributed by atoms with E-state index in [0.29, 0.717) is 0 Å². The molecule has 0 aromatic heterocycles. The van der Waals surface area contributed by atoms with Crippen LogP contribution in [0.15, 0.2) is 70.5 Å². The zero-order chi connectivity index (χ0) is 23.8. The van der Waals surface area contributed by atoms with Crippen molar-refractivity contribution in [1.82, 2.24) is 8.61 Å². The minimum atomic E-state index is -4.05. The van der Waals surface area contributed by atoms with E-state index in [4.69, 9.17) is 4.74 Å². The summed E-state index contributed by atoms with van der Waals surface area (Å²) in [5, 5.41) is 13.0. The Bertz CT molecular complexity index is 1430. The van der Waals surface area contributed by atoms with Crippen LogP contribution in [0, 0.1) is 10.1 Å². The van der Waals surface area contributed by atoms with Gasteiger partial charge in [0.2, 0.25) is 20.0 Å². The maximum Gasteiger partial charge on any atom is 0.312 e. The van der Waals surface area contributed by atoms with Crippen molar-refractivity contribution in [3.8, 4) is 5.75 Å². The summed E-state index contributed by atoms with van der Waals surface area (Å²) in [6, 6.07) is 15.7. The Morgan fingerprint density at radius 2 is 1.30 bits per heavy atom. The van der Waals surface area contributed by atoms with Gasteiger partial charge in [0.05, 0.1) is 21.8 Å². The van der Waals surface area contributed by atoms with Crippen LogP contribution in [0.5, 0.6) is 5.75 Å². The SMILES string of the molecule is COc1ccc(S(=O)(=O)N2CCN(S(=O)(=O)c3ccc4ccccc4c3)CC2)cc1[N+](=O)[O-]. The first kappa shape index (κ1) is 23.1. The van der Waals surface area contributed by atoms with E-state index in [9.17, 15) is 26.9 Å². The summed E-state index contributed by atoms with van der Waals surface area (Å²) in [6.45, 7) is -0.219. The Hall–Kier alpha value is -3.06. The largest absolute Gasteiger partial charge is 0.490 e. The second-order valence-electron chi connectivity index (χ2n) is 7.41. The lowest BCUT2D eigenvalue weighted by Gasteiger charge is -2.33. The number of rotatable bonds is 6. The maximum atomic E-state index is 13.1. The molecule has 0 atom stereocenters. The highest BCUT2D eigenvalue weighted by Gasteiger charge is 2.34. The number of ether oxygens (including phenoxy) is 1. The van der Waals surface area contributed by atoms with Crippen molar-refractivity contribution in [2.45, 2.75) is 9.79 Å². The fraction of sp³-hybridized carbons (Fsp3) is 0.238. The highest BCUT2D eigenvalue weighted by Crippen LogP contribution is 2.31. The number of hydrogen-bond donors (Lipinski definition) is 0. The minimum Gasteiger partial charge on any atom is -0.490 e. The molecular weight excluding hydrogens is 470 g/mol. The van der Waals surface area contributed by atoms with Gasteiger partial charge >= 0.3 is 5.69 Å². The number of fused-ring (bicyclic) bond motifs is 1. The summed E-state index contributed by atoms with van der Waals surface area (Å²) >= 11 is 0. The average molecular weight is 492 g/mol.